The number of rotatable bonds is 3. The van der Waals surface area contributed by atoms with Gasteiger partial charge in [-0.2, -0.15) is 18.3 Å². The molecule has 0 atom stereocenters. The molecule has 0 aromatic heterocycles. The second-order valence-electron chi connectivity index (χ2n) is 2.22. The summed E-state index contributed by atoms with van der Waals surface area (Å²) in [6.07, 6.45) is -4.91. The van der Waals surface area contributed by atoms with Crippen molar-refractivity contribution >= 4 is 11.6 Å². The van der Waals surface area contributed by atoms with Gasteiger partial charge in [-0.05, 0) is 6.92 Å². The summed E-state index contributed by atoms with van der Waals surface area (Å²) >= 11 is 0. The molecule has 76 valence electrons. The highest BCUT2D eigenvalue weighted by Gasteiger charge is 2.38. The van der Waals surface area contributed by atoms with E-state index in [1.807, 2.05) is 0 Å². The lowest BCUT2D eigenvalue weighted by molar-refractivity contribution is -0.173. The first-order chi connectivity index (χ1) is 5.88. The van der Waals surface area contributed by atoms with Crippen molar-refractivity contribution in [2.45, 2.75) is 13.1 Å². The number of alkyl halides is 3. The first-order valence-corrected chi connectivity index (χ1v) is 3.27. The lowest BCUT2D eigenvalue weighted by atomic mass is 10.5. The van der Waals surface area contributed by atoms with Gasteiger partial charge in [-0.1, -0.05) is 0 Å². The van der Waals surface area contributed by atoms with E-state index in [1.54, 1.807) is 0 Å². The van der Waals surface area contributed by atoms with Crippen molar-refractivity contribution in [1.29, 1.82) is 0 Å². The summed E-state index contributed by atoms with van der Waals surface area (Å²) in [5.41, 5.74) is 1.60. The summed E-state index contributed by atoms with van der Waals surface area (Å²) < 4.78 is 39.3. The Kier molecular flexibility index (Phi) is 4.39. The maximum Gasteiger partial charge on any atom is 0.473 e. The predicted octanol–water partition coefficient (Wildman–Crippen LogP) is 0.687. The van der Waals surface area contributed by atoms with Crippen LogP contribution in [0.2, 0.25) is 0 Å². The topological polar surface area (TPSA) is 50.7 Å². The third-order valence-corrected chi connectivity index (χ3v) is 0.959. The highest BCUT2D eigenvalue weighted by atomic mass is 19.4. The lowest BCUT2D eigenvalue weighted by Gasteiger charge is -2.04. The summed E-state index contributed by atoms with van der Waals surface area (Å²) in [6.45, 7) is 1.50. The summed E-state index contributed by atoms with van der Waals surface area (Å²) in [6, 6.07) is 0. The van der Waals surface area contributed by atoms with E-state index >= 15 is 0 Å². The number of halogens is 3. The number of hydrogen-bond donors (Lipinski definition) is 1. The third-order valence-electron chi connectivity index (χ3n) is 0.959. The first-order valence-electron chi connectivity index (χ1n) is 3.27. The predicted molar refractivity (Wildman–Crippen MR) is 39.2 cm³/mol. The number of hydrogen-bond acceptors (Lipinski definition) is 3. The van der Waals surface area contributed by atoms with Crippen LogP contribution in [0, 0.1) is 0 Å². The van der Waals surface area contributed by atoms with Crippen LogP contribution >= 0.6 is 0 Å². The fourth-order valence-electron chi connectivity index (χ4n) is 0.451. The number of methoxy groups -OCH3 is 1. The van der Waals surface area contributed by atoms with Gasteiger partial charge in [-0.25, -0.2) is 5.43 Å². The normalized spacial score (nSPS) is 12.8. The van der Waals surface area contributed by atoms with Crippen molar-refractivity contribution in [3.8, 4) is 0 Å². The average molecular weight is 198 g/mol. The van der Waals surface area contributed by atoms with Gasteiger partial charge in [-0.3, -0.25) is 4.79 Å². The second-order valence-corrected chi connectivity index (χ2v) is 2.22. The minimum absolute atomic E-state index is 0.0676. The fraction of sp³-hybridized carbons (Fsp3) is 0.667. The van der Waals surface area contributed by atoms with Crippen molar-refractivity contribution in [3.05, 3.63) is 0 Å². The van der Waals surface area contributed by atoms with Gasteiger partial charge in [0.2, 0.25) is 0 Å². The molecule has 0 bridgehead atoms. The lowest BCUT2D eigenvalue weighted by Crippen LogP contribution is -2.34. The van der Waals surface area contributed by atoms with E-state index < -0.39 is 12.1 Å². The largest absolute Gasteiger partial charge is 0.473 e. The Balaban J connectivity index is 4.02. The second kappa shape index (κ2) is 4.80. The third kappa shape index (κ3) is 5.18. The molecule has 4 nitrogen and oxygen atoms in total. The molecule has 0 fully saturated rings. The molecular weight excluding hydrogens is 189 g/mol. The minimum Gasteiger partial charge on any atom is -0.379 e. The quantitative estimate of drug-likeness (QED) is 0.535. The van der Waals surface area contributed by atoms with E-state index in [9.17, 15) is 18.0 Å². The first kappa shape index (κ1) is 11.9. The van der Waals surface area contributed by atoms with Crippen LogP contribution < -0.4 is 5.43 Å². The SMILES string of the molecule is COC/C(C)=N/NC(=O)C(F)(F)F. The zero-order valence-electron chi connectivity index (χ0n) is 7.10. The zero-order valence-corrected chi connectivity index (χ0v) is 7.10. The molecule has 0 heterocycles. The fourth-order valence-corrected chi connectivity index (χ4v) is 0.451. The molecule has 0 unspecified atom stereocenters. The van der Waals surface area contributed by atoms with Gasteiger partial charge < -0.3 is 4.74 Å². The van der Waals surface area contributed by atoms with Crippen LogP contribution in [-0.4, -0.2) is 31.5 Å². The molecule has 0 radical (unpaired) electrons. The highest BCUT2D eigenvalue weighted by Crippen LogP contribution is 2.13. The van der Waals surface area contributed by atoms with Crippen LogP contribution in [0.25, 0.3) is 0 Å². The van der Waals surface area contributed by atoms with E-state index in [1.165, 1.54) is 19.5 Å². The van der Waals surface area contributed by atoms with Gasteiger partial charge in [0.05, 0.1) is 12.3 Å². The summed E-state index contributed by atoms with van der Waals surface area (Å²) in [4.78, 5) is 10.2. The summed E-state index contributed by atoms with van der Waals surface area (Å²) in [7, 11) is 1.37. The van der Waals surface area contributed by atoms with Crippen LogP contribution in [0.4, 0.5) is 13.2 Å². The van der Waals surface area contributed by atoms with Crippen LogP contribution in [0.3, 0.4) is 0 Å². The maximum atomic E-state index is 11.6. The standard InChI is InChI=1S/C6H9F3N2O2/c1-4(3-13-2)10-11-5(12)6(7,8)9/h3H2,1-2H3,(H,11,12)/b10-4+. The molecular formula is C6H9F3N2O2. The Morgan fingerprint density at radius 1 is 1.54 bits per heavy atom. The van der Waals surface area contributed by atoms with Crippen LogP contribution in [-0.2, 0) is 9.53 Å². The van der Waals surface area contributed by atoms with Crippen molar-refractivity contribution in [3.63, 3.8) is 0 Å². The molecule has 7 heteroatoms. The number of ether oxygens (including phenoxy) is 1. The van der Waals surface area contributed by atoms with E-state index in [2.05, 4.69) is 9.84 Å². The van der Waals surface area contributed by atoms with Crippen LogP contribution in [0.5, 0.6) is 0 Å². The summed E-state index contributed by atoms with van der Waals surface area (Å²) in [5.74, 6) is -2.09. The molecule has 1 amide bonds. The smallest absolute Gasteiger partial charge is 0.379 e. The Morgan fingerprint density at radius 2 is 2.08 bits per heavy atom. The van der Waals surface area contributed by atoms with Gasteiger partial charge in [-0.15, -0.1) is 0 Å². The van der Waals surface area contributed by atoms with Gasteiger partial charge in [0.1, 0.15) is 0 Å². The zero-order chi connectivity index (χ0) is 10.5. The average Bonchev–Trinajstić information content (AvgIpc) is 1.99. The van der Waals surface area contributed by atoms with Crippen LogP contribution in [0.15, 0.2) is 5.10 Å². The van der Waals surface area contributed by atoms with Crippen molar-refractivity contribution in [2.24, 2.45) is 5.10 Å². The number of nitrogens with zero attached hydrogens (tertiary/aromatic N) is 1. The Labute approximate surface area is 72.8 Å². The number of amides is 1. The Bertz CT molecular complexity index is 212. The van der Waals surface area contributed by atoms with Crippen molar-refractivity contribution in [1.82, 2.24) is 5.43 Å². The molecule has 0 aliphatic heterocycles. The molecule has 0 aromatic carbocycles. The number of carbonyl (C=O) groups excluding carboxylic acids is 1. The maximum absolute atomic E-state index is 11.6. The van der Waals surface area contributed by atoms with Gasteiger partial charge in [0.25, 0.3) is 0 Å². The Morgan fingerprint density at radius 3 is 2.46 bits per heavy atom. The molecule has 0 rings (SSSR count). The molecule has 1 N–H and O–H groups in total. The van der Waals surface area contributed by atoms with Crippen molar-refractivity contribution < 1.29 is 22.7 Å². The van der Waals surface area contributed by atoms with E-state index in [0.717, 1.165) is 0 Å². The molecule has 0 aromatic rings. The monoisotopic (exact) mass is 198 g/mol. The highest BCUT2D eigenvalue weighted by molar-refractivity contribution is 5.86. The minimum atomic E-state index is -4.91. The van der Waals surface area contributed by atoms with Crippen LogP contribution in [0.1, 0.15) is 6.92 Å². The molecule has 0 saturated carbocycles. The molecule has 0 aliphatic carbocycles. The summed E-state index contributed by atoms with van der Waals surface area (Å²) in [5, 5.41) is 3.15. The molecule has 13 heavy (non-hydrogen) atoms. The number of nitrogens with one attached hydrogen (secondary N) is 1. The molecule has 0 spiro atoms. The van der Waals surface area contributed by atoms with Gasteiger partial charge in [0, 0.05) is 7.11 Å². The van der Waals surface area contributed by atoms with Crippen molar-refractivity contribution in [2.75, 3.05) is 13.7 Å². The van der Waals surface area contributed by atoms with E-state index in [0.29, 0.717) is 0 Å². The van der Waals surface area contributed by atoms with Gasteiger partial charge in [0.15, 0.2) is 0 Å². The van der Waals surface area contributed by atoms with E-state index in [4.69, 9.17) is 0 Å². The molecule has 0 aliphatic rings. The number of hydrazone groups is 1. The molecule has 0 saturated heterocycles. The number of carbonyl (C=O) groups is 1. The van der Waals surface area contributed by atoms with Gasteiger partial charge >= 0.3 is 12.1 Å². The van der Waals surface area contributed by atoms with E-state index in [-0.39, 0.29) is 12.3 Å². The Hall–Kier alpha value is -1.11.